The van der Waals surface area contributed by atoms with Gasteiger partial charge in [-0.15, -0.1) is 0 Å². The topological polar surface area (TPSA) is 75.6 Å². The highest BCUT2D eigenvalue weighted by atomic mass is 16.5. The van der Waals surface area contributed by atoms with Crippen molar-refractivity contribution in [3.63, 3.8) is 0 Å². The number of fused-ring (bicyclic) bond motifs is 1. The molecule has 2 aliphatic rings. The summed E-state index contributed by atoms with van der Waals surface area (Å²) in [4.78, 5) is 22.6. The summed E-state index contributed by atoms with van der Waals surface area (Å²) in [6.07, 6.45) is 3.11. The van der Waals surface area contributed by atoms with Crippen molar-refractivity contribution < 1.29 is 19.4 Å². The average molecular weight is 227 g/mol. The number of carbonyl (C=O) groups excluding carboxylic acids is 1. The molecular weight excluding hydrogens is 210 g/mol. The number of amides is 1. The van der Waals surface area contributed by atoms with E-state index in [0.29, 0.717) is 0 Å². The quantitative estimate of drug-likeness (QED) is 0.706. The zero-order valence-electron chi connectivity index (χ0n) is 9.31. The van der Waals surface area contributed by atoms with Crippen LogP contribution in [-0.2, 0) is 14.3 Å². The molecule has 2 rings (SSSR count). The van der Waals surface area contributed by atoms with Crippen molar-refractivity contribution >= 4 is 11.9 Å². The second-order valence-corrected chi connectivity index (χ2v) is 4.78. The number of hydrogen-bond acceptors (Lipinski definition) is 3. The molecule has 2 N–H and O–H groups in total. The van der Waals surface area contributed by atoms with E-state index >= 15 is 0 Å². The van der Waals surface area contributed by atoms with Crippen LogP contribution in [0.1, 0.15) is 19.3 Å². The number of carboxylic acid groups (broad SMARTS) is 1. The Balaban J connectivity index is 1.82. The summed E-state index contributed by atoms with van der Waals surface area (Å²) in [6.45, 7) is 0.0145. The molecule has 3 atom stereocenters. The summed E-state index contributed by atoms with van der Waals surface area (Å²) in [5, 5.41) is 11.4. The number of carboxylic acids is 1. The number of rotatable bonds is 5. The fourth-order valence-electron chi connectivity index (χ4n) is 2.56. The number of aliphatic carboxylic acids is 1. The molecule has 5 nitrogen and oxygen atoms in total. The standard InChI is InChI=1S/C11H17NO4/c1-16-5-9(11(14)15)12-10(13)8-3-6-2-7(6)4-8/h6-9H,2-5H2,1H3,(H,12,13)(H,14,15). The Morgan fingerprint density at radius 3 is 2.50 bits per heavy atom. The van der Waals surface area contributed by atoms with Gasteiger partial charge in [-0.2, -0.15) is 0 Å². The lowest BCUT2D eigenvalue weighted by Gasteiger charge is -2.17. The van der Waals surface area contributed by atoms with Crippen molar-refractivity contribution in [2.24, 2.45) is 17.8 Å². The highest BCUT2D eigenvalue weighted by Crippen LogP contribution is 2.54. The Morgan fingerprint density at radius 1 is 1.38 bits per heavy atom. The highest BCUT2D eigenvalue weighted by molar-refractivity contribution is 5.85. The Labute approximate surface area is 94.2 Å². The largest absolute Gasteiger partial charge is 0.480 e. The predicted molar refractivity (Wildman–Crippen MR) is 55.8 cm³/mol. The Hall–Kier alpha value is -1.10. The van der Waals surface area contributed by atoms with Crippen LogP contribution in [0.5, 0.6) is 0 Å². The molecule has 0 aromatic carbocycles. The van der Waals surface area contributed by atoms with E-state index in [1.807, 2.05) is 0 Å². The maximum Gasteiger partial charge on any atom is 0.328 e. The molecule has 0 saturated heterocycles. The summed E-state index contributed by atoms with van der Waals surface area (Å²) in [6, 6.07) is -0.922. The van der Waals surface area contributed by atoms with Crippen LogP contribution in [0.3, 0.4) is 0 Å². The van der Waals surface area contributed by atoms with E-state index in [4.69, 9.17) is 9.84 Å². The lowest BCUT2D eigenvalue weighted by Crippen LogP contribution is -2.46. The molecule has 0 aliphatic heterocycles. The van der Waals surface area contributed by atoms with E-state index in [0.717, 1.165) is 24.7 Å². The summed E-state index contributed by atoms with van der Waals surface area (Å²) in [5.41, 5.74) is 0. The summed E-state index contributed by atoms with van der Waals surface area (Å²) in [7, 11) is 1.42. The lowest BCUT2D eigenvalue weighted by atomic mass is 10.0. The van der Waals surface area contributed by atoms with Crippen LogP contribution in [0.15, 0.2) is 0 Å². The van der Waals surface area contributed by atoms with Gasteiger partial charge in [0.25, 0.3) is 0 Å². The van der Waals surface area contributed by atoms with Crippen LogP contribution in [0.2, 0.25) is 0 Å². The van der Waals surface area contributed by atoms with Gasteiger partial charge in [-0.05, 0) is 31.1 Å². The van der Waals surface area contributed by atoms with Gasteiger partial charge in [-0.1, -0.05) is 0 Å². The van der Waals surface area contributed by atoms with E-state index in [-0.39, 0.29) is 18.4 Å². The zero-order chi connectivity index (χ0) is 11.7. The normalized spacial score (nSPS) is 32.9. The van der Waals surface area contributed by atoms with Crippen LogP contribution in [0, 0.1) is 17.8 Å². The minimum absolute atomic E-state index is 0.0145. The van der Waals surface area contributed by atoms with Crippen LogP contribution in [-0.4, -0.2) is 36.7 Å². The first-order valence-electron chi connectivity index (χ1n) is 5.64. The van der Waals surface area contributed by atoms with Crippen molar-refractivity contribution in [2.45, 2.75) is 25.3 Å². The van der Waals surface area contributed by atoms with E-state index in [1.54, 1.807) is 0 Å². The number of carbonyl (C=O) groups is 2. The molecule has 0 spiro atoms. The molecule has 90 valence electrons. The fraction of sp³-hybridized carbons (Fsp3) is 0.818. The van der Waals surface area contributed by atoms with Gasteiger partial charge in [0.05, 0.1) is 6.61 Å². The first-order chi connectivity index (χ1) is 7.61. The number of hydrogen-bond donors (Lipinski definition) is 2. The van der Waals surface area contributed by atoms with Gasteiger partial charge in [0.2, 0.25) is 5.91 Å². The smallest absolute Gasteiger partial charge is 0.328 e. The molecular formula is C11H17NO4. The predicted octanol–water partition coefficient (Wildman–Crippen LogP) is 0.248. The van der Waals surface area contributed by atoms with Crippen molar-refractivity contribution in [1.82, 2.24) is 5.32 Å². The maximum atomic E-state index is 11.8. The summed E-state index contributed by atoms with van der Waals surface area (Å²) >= 11 is 0. The monoisotopic (exact) mass is 227 g/mol. The van der Waals surface area contributed by atoms with E-state index in [9.17, 15) is 9.59 Å². The minimum Gasteiger partial charge on any atom is -0.480 e. The molecule has 5 heteroatoms. The summed E-state index contributed by atoms with van der Waals surface area (Å²) < 4.78 is 4.76. The third-order valence-corrected chi connectivity index (χ3v) is 3.56. The second kappa shape index (κ2) is 4.41. The van der Waals surface area contributed by atoms with Gasteiger partial charge in [-0.25, -0.2) is 4.79 Å². The van der Waals surface area contributed by atoms with Crippen LogP contribution in [0.25, 0.3) is 0 Å². The van der Waals surface area contributed by atoms with Crippen LogP contribution in [0.4, 0.5) is 0 Å². The average Bonchev–Trinajstić information content (AvgIpc) is 2.84. The molecule has 2 aliphatic carbocycles. The molecule has 2 fully saturated rings. The second-order valence-electron chi connectivity index (χ2n) is 4.78. The highest BCUT2D eigenvalue weighted by Gasteiger charge is 2.48. The molecule has 0 radical (unpaired) electrons. The number of nitrogens with one attached hydrogen (secondary N) is 1. The van der Waals surface area contributed by atoms with Crippen molar-refractivity contribution in [1.29, 1.82) is 0 Å². The molecule has 0 aromatic heterocycles. The zero-order valence-corrected chi connectivity index (χ0v) is 9.31. The minimum atomic E-state index is -1.04. The molecule has 3 unspecified atom stereocenters. The SMILES string of the molecule is COCC(NC(=O)C1CC2CC2C1)C(=O)O. The maximum absolute atomic E-state index is 11.8. The molecule has 0 aromatic rings. The van der Waals surface area contributed by atoms with Crippen LogP contribution < -0.4 is 5.32 Å². The van der Waals surface area contributed by atoms with E-state index < -0.39 is 12.0 Å². The van der Waals surface area contributed by atoms with Gasteiger partial charge in [-0.3, -0.25) is 4.79 Å². The van der Waals surface area contributed by atoms with E-state index in [1.165, 1.54) is 13.5 Å². The molecule has 2 saturated carbocycles. The fourth-order valence-corrected chi connectivity index (χ4v) is 2.56. The molecule has 0 bridgehead atoms. The molecule has 1 amide bonds. The Bertz CT molecular complexity index is 294. The molecule has 16 heavy (non-hydrogen) atoms. The lowest BCUT2D eigenvalue weighted by molar-refractivity contribution is -0.144. The van der Waals surface area contributed by atoms with Crippen molar-refractivity contribution in [3.05, 3.63) is 0 Å². The third-order valence-electron chi connectivity index (χ3n) is 3.56. The number of methoxy groups -OCH3 is 1. The van der Waals surface area contributed by atoms with Gasteiger partial charge in [0, 0.05) is 13.0 Å². The summed E-state index contributed by atoms with van der Waals surface area (Å²) in [5.74, 6) is 0.292. The van der Waals surface area contributed by atoms with E-state index in [2.05, 4.69) is 5.32 Å². The molecule has 0 heterocycles. The van der Waals surface area contributed by atoms with Crippen LogP contribution >= 0.6 is 0 Å². The van der Waals surface area contributed by atoms with Gasteiger partial charge in [0.15, 0.2) is 6.04 Å². The van der Waals surface area contributed by atoms with Crippen molar-refractivity contribution in [2.75, 3.05) is 13.7 Å². The first kappa shape index (κ1) is 11.4. The Morgan fingerprint density at radius 2 is 2.00 bits per heavy atom. The van der Waals surface area contributed by atoms with Gasteiger partial charge < -0.3 is 15.2 Å². The number of ether oxygens (including phenoxy) is 1. The van der Waals surface area contributed by atoms with Gasteiger partial charge in [0.1, 0.15) is 0 Å². The first-order valence-corrected chi connectivity index (χ1v) is 5.64. The van der Waals surface area contributed by atoms with Crippen molar-refractivity contribution in [3.8, 4) is 0 Å². The Kier molecular flexibility index (Phi) is 3.14. The third kappa shape index (κ3) is 2.35. The van der Waals surface area contributed by atoms with Gasteiger partial charge >= 0.3 is 5.97 Å².